The molecule has 1 saturated heterocycles. The van der Waals surface area contributed by atoms with E-state index in [2.05, 4.69) is 15.6 Å². The summed E-state index contributed by atoms with van der Waals surface area (Å²) in [5, 5.41) is 7.02. The van der Waals surface area contributed by atoms with Gasteiger partial charge >= 0.3 is 0 Å². The Balaban J connectivity index is 1.56. The van der Waals surface area contributed by atoms with Gasteiger partial charge in [0, 0.05) is 11.3 Å². The number of aryl methyl sites for hydroxylation is 2. The molecule has 2 heterocycles. The first-order valence-electron chi connectivity index (χ1n) is 6.30. The summed E-state index contributed by atoms with van der Waals surface area (Å²) < 4.78 is 0. The number of hydrogen-bond acceptors (Lipinski definition) is 4. The van der Waals surface area contributed by atoms with Crippen molar-refractivity contribution in [3.63, 3.8) is 0 Å². The van der Waals surface area contributed by atoms with Crippen molar-refractivity contribution in [2.45, 2.75) is 32.1 Å². The lowest BCUT2D eigenvalue weighted by Crippen LogP contribution is -2.18. The molecule has 92 valence electrons. The number of carbonyl (C=O) groups is 1. The molecule has 2 N–H and O–H groups in total. The van der Waals surface area contributed by atoms with Gasteiger partial charge in [0.05, 0.1) is 5.69 Å². The van der Waals surface area contributed by atoms with Gasteiger partial charge in [0.2, 0.25) is 5.91 Å². The molecule has 5 heteroatoms. The fourth-order valence-electron chi connectivity index (χ4n) is 2.57. The molecular weight excluding hydrogens is 234 g/mol. The van der Waals surface area contributed by atoms with E-state index in [1.54, 1.807) is 11.3 Å². The highest BCUT2D eigenvalue weighted by atomic mass is 32.1. The fourth-order valence-corrected chi connectivity index (χ4v) is 3.63. The Hall–Kier alpha value is -0.940. The molecule has 0 bridgehead atoms. The predicted molar refractivity (Wildman–Crippen MR) is 68.4 cm³/mol. The summed E-state index contributed by atoms with van der Waals surface area (Å²) >= 11 is 1.65. The number of anilines is 1. The maximum Gasteiger partial charge on any atom is 0.226 e. The second kappa shape index (κ2) is 4.74. The predicted octanol–water partition coefficient (Wildman–Crippen LogP) is 1.57. The van der Waals surface area contributed by atoms with E-state index in [0.717, 1.165) is 37.5 Å². The third-order valence-electron chi connectivity index (χ3n) is 3.48. The molecule has 1 aromatic heterocycles. The number of carbonyl (C=O) groups excluding carboxylic acids is 1. The SMILES string of the molecule is O=C(CC1CCNC1)Nc1nc2c(s1)CCC2. The molecule has 3 rings (SSSR count). The molecule has 0 aromatic carbocycles. The van der Waals surface area contributed by atoms with Crippen LogP contribution in [0.3, 0.4) is 0 Å². The van der Waals surface area contributed by atoms with E-state index in [4.69, 9.17) is 0 Å². The highest BCUT2D eigenvalue weighted by Crippen LogP contribution is 2.30. The zero-order chi connectivity index (χ0) is 11.7. The lowest BCUT2D eigenvalue weighted by Gasteiger charge is -2.06. The maximum atomic E-state index is 11.8. The summed E-state index contributed by atoms with van der Waals surface area (Å²) in [7, 11) is 0. The fraction of sp³-hybridized carbons (Fsp3) is 0.667. The van der Waals surface area contributed by atoms with Crippen molar-refractivity contribution in [1.82, 2.24) is 10.3 Å². The van der Waals surface area contributed by atoms with Gasteiger partial charge in [-0.2, -0.15) is 0 Å². The number of nitrogens with one attached hydrogen (secondary N) is 2. The Morgan fingerprint density at radius 3 is 3.24 bits per heavy atom. The molecule has 2 aliphatic rings. The first-order chi connectivity index (χ1) is 8.31. The number of hydrogen-bond donors (Lipinski definition) is 2. The van der Waals surface area contributed by atoms with Crippen molar-refractivity contribution in [2.75, 3.05) is 18.4 Å². The minimum Gasteiger partial charge on any atom is -0.316 e. The molecule has 0 saturated carbocycles. The Morgan fingerprint density at radius 1 is 1.53 bits per heavy atom. The number of nitrogens with zero attached hydrogens (tertiary/aromatic N) is 1. The standard InChI is InChI=1S/C12H17N3OS/c16-11(6-8-4-5-13-7-8)15-12-14-9-2-1-3-10(9)17-12/h8,13H,1-7H2,(H,14,15,16). The quantitative estimate of drug-likeness (QED) is 0.857. The third kappa shape index (κ3) is 2.50. The van der Waals surface area contributed by atoms with Gasteiger partial charge in [-0.15, -0.1) is 11.3 Å². The first-order valence-corrected chi connectivity index (χ1v) is 7.12. The molecule has 1 unspecified atom stereocenters. The van der Waals surface area contributed by atoms with Gasteiger partial charge in [-0.05, 0) is 44.7 Å². The number of thiazole rings is 1. The Labute approximate surface area is 105 Å². The highest BCUT2D eigenvalue weighted by molar-refractivity contribution is 7.15. The van der Waals surface area contributed by atoms with Crippen LogP contribution >= 0.6 is 11.3 Å². The number of aromatic nitrogens is 1. The van der Waals surface area contributed by atoms with Crippen LogP contribution in [0.5, 0.6) is 0 Å². The number of fused-ring (bicyclic) bond motifs is 1. The van der Waals surface area contributed by atoms with Crippen molar-refractivity contribution >= 4 is 22.4 Å². The van der Waals surface area contributed by atoms with Gasteiger partial charge in [0.15, 0.2) is 5.13 Å². The largest absolute Gasteiger partial charge is 0.316 e. The summed E-state index contributed by atoms with van der Waals surface area (Å²) in [6.07, 6.45) is 5.17. The lowest BCUT2D eigenvalue weighted by atomic mass is 10.1. The van der Waals surface area contributed by atoms with Gasteiger partial charge in [-0.1, -0.05) is 0 Å². The smallest absolute Gasteiger partial charge is 0.226 e. The number of rotatable bonds is 3. The van der Waals surface area contributed by atoms with E-state index in [-0.39, 0.29) is 5.91 Å². The normalized spacial score (nSPS) is 22.7. The minimum atomic E-state index is 0.117. The second-order valence-corrected chi connectivity index (χ2v) is 5.94. The van der Waals surface area contributed by atoms with Crippen molar-refractivity contribution < 1.29 is 4.79 Å². The molecule has 17 heavy (non-hydrogen) atoms. The van der Waals surface area contributed by atoms with Crippen LogP contribution in [0.4, 0.5) is 5.13 Å². The van der Waals surface area contributed by atoms with Gasteiger partial charge in [-0.3, -0.25) is 4.79 Å². The van der Waals surface area contributed by atoms with Gasteiger partial charge in [0.25, 0.3) is 0 Å². The van der Waals surface area contributed by atoms with E-state index < -0.39 is 0 Å². The molecule has 1 aromatic rings. The lowest BCUT2D eigenvalue weighted by molar-refractivity contribution is -0.116. The van der Waals surface area contributed by atoms with Crippen molar-refractivity contribution in [3.05, 3.63) is 10.6 Å². The molecule has 4 nitrogen and oxygen atoms in total. The molecule has 0 radical (unpaired) electrons. The van der Waals surface area contributed by atoms with Crippen molar-refractivity contribution in [2.24, 2.45) is 5.92 Å². The van der Waals surface area contributed by atoms with E-state index in [1.807, 2.05) is 0 Å². The third-order valence-corrected chi connectivity index (χ3v) is 4.55. The molecule has 1 aliphatic carbocycles. The molecule has 1 amide bonds. The van der Waals surface area contributed by atoms with Gasteiger partial charge < -0.3 is 10.6 Å². The Kier molecular flexibility index (Phi) is 3.11. The average Bonchev–Trinajstić information content (AvgIpc) is 2.92. The van der Waals surface area contributed by atoms with E-state index in [0.29, 0.717) is 12.3 Å². The van der Waals surface area contributed by atoms with E-state index in [1.165, 1.54) is 17.0 Å². The monoisotopic (exact) mass is 251 g/mol. The van der Waals surface area contributed by atoms with Crippen LogP contribution in [0.15, 0.2) is 0 Å². The van der Waals surface area contributed by atoms with Crippen LogP contribution in [0.25, 0.3) is 0 Å². The summed E-state index contributed by atoms with van der Waals surface area (Å²) in [5.74, 6) is 0.618. The van der Waals surface area contributed by atoms with Crippen LogP contribution < -0.4 is 10.6 Å². The first kappa shape index (κ1) is 11.2. The minimum absolute atomic E-state index is 0.117. The number of amides is 1. The van der Waals surface area contributed by atoms with Crippen LogP contribution in [0.1, 0.15) is 29.8 Å². The van der Waals surface area contributed by atoms with Crippen molar-refractivity contribution in [3.8, 4) is 0 Å². The summed E-state index contributed by atoms with van der Waals surface area (Å²) in [6.45, 7) is 2.02. The molecule has 1 fully saturated rings. The molecule has 1 aliphatic heterocycles. The van der Waals surface area contributed by atoms with Crippen LogP contribution in [0.2, 0.25) is 0 Å². The zero-order valence-corrected chi connectivity index (χ0v) is 10.6. The van der Waals surface area contributed by atoms with Crippen LogP contribution in [0, 0.1) is 5.92 Å². The summed E-state index contributed by atoms with van der Waals surface area (Å²) in [5.41, 5.74) is 1.20. The Morgan fingerprint density at radius 2 is 2.47 bits per heavy atom. The molecular formula is C12H17N3OS. The zero-order valence-electron chi connectivity index (χ0n) is 9.79. The van der Waals surface area contributed by atoms with Crippen LogP contribution in [-0.4, -0.2) is 24.0 Å². The highest BCUT2D eigenvalue weighted by Gasteiger charge is 2.20. The molecule has 1 atom stereocenters. The Bertz CT molecular complexity index is 402. The molecule has 0 spiro atoms. The van der Waals surface area contributed by atoms with E-state index in [9.17, 15) is 4.79 Å². The van der Waals surface area contributed by atoms with Crippen LogP contribution in [-0.2, 0) is 17.6 Å². The van der Waals surface area contributed by atoms with Gasteiger partial charge in [-0.25, -0.2) is 4.98 Å². The second-order valence-electron chi connectivity index (χ2n) is 4.85. The average molecular weight is 251 g/mol. The van der Waals surface area contributed by atoms with Crippen molar-refractivity contribution in [1.29, 1.82) is 0 Å². The summed E-state index contributed by atoms with van der Waals surface area (Å²) in [4.78, 5) is 17.7. The summed E-state index contributed by atoms with van der Waals surface area (Å²) in [6, 6.07) is 0. The van der Waals surface area contributed by atoms with E-state index >= 15 is 0 Å². The topological polar surface area (TPSA) is 54.0 Å². The van der Waals surface area contributed by atoms with Gasteiger partial charge in [0.1, 0.15) is 0 Å². The maximum absolute atomic E-state index is 11.8.